The highest BCUT2D eigenvalue weighted by molar-refractivity contribution is 9.11. The molecule has 108 valence electrons. The van der Waals surface area contributed by atoms with Crippen LogP contribution < -0.4 is 5.32 Å². The molecule has 1 aliphatic carbocycles. The van der Waals surface area contributed by atoms with Crippen LogP contribution in [0.3, 0.4) is 0 Å². The summed E-state index contributed by atoms with van der Waals surface area (Å²) in [6.45, 7) is 2.97. The molecule has 2 heterocycles. The van der Waals surface area contributed by atoms with E-state index in [0.717, 1.165) is 21.5 Å². The molecule has 1 aliphatic heterocycles. The summed E-state index contributed by atoms with van der Waals surface area (Å²) in [5, 5.41) is 2.95. The summed E-state index contributed by atoms with van der Waals surface area (Å²) < 4.78 is 1.06. The first-order valence-corrected chi connectivity index (χ1v) is 8.44. The fourth-order valence-corrected chi connectivity index (χ4v) is 4.28. The Bertz CT molecular complexity index is 555. The average molecular weight is 357 g/mol. The van der Waals surface area contributed by atoms with Crippen molar-refractivity contribution in [2.75, 3.05) is 6.54 Å². The molecule has 1 unspecified atom stereocenters. The van der Waals surface area contributed by atoms with Gasteiger partial charge in [0, 0.05) is 17.8 Å². The molecular formula is C14H17BrN2O2S. The summed E-state index contributed by atoms with van der Waals surface area (Å²) in [6.07, 6.45) is 2.45. The maximum atomic E-state index is 12.8. The second kappa shape index (κ2) is 5.15. The molecule has 0 aromatic carbocycles. The molecule has 4 nitrogen and oxygen atoms in total. The highest BCUT2D eigenvalue weighted by Gasteiger charge is 2.51. The monoisotopic (exact) mass is 356 g/mol. The van der Waals surface area contributed by atoms with Gasteiger partial charge < -0.3 is 10.2 Å². The molecule has 1 saturated heterocycles. The molecule has 1 aromatic heterocycles. The minimum Gasteiger partial charge on any atom is -0.342 e. The largest absolute Gasteiger partial charge is 0.342 e. The van der Waals surface area contributed by atoms with E-state index >= 15 is 0 Å². The zero-order valence-electron chi connectivity index (χ0n) is 11.3. The predicted octanol–water partition coefficient (Wildman–Crippen LogP) is 2.53. The molecular weight excluding hydrogens is 340 g/mol. The van der Waals surface area contributed by atoms with Crippen LogP contribution in [-0.2, 0) is 16.1 Å². The van der Waals surface area contributed by atoms with Crippen LogP contribution in [0.2, 0.25) is 0 Å². The Kier molecular flexibility index (Phi) is 3.62. The molecule has 1 N–H and O–H groups in total. The Hall–Kier alpha value is -0.880. The van der Waals surface area contributed by atoms with Crippen LogP contribution in [0, 0.1) is 5.92 Å². The first kappa shape index (κ1) is 14.1. The van der Waals surface area contributed by atoms with E-state index in [2.05, 4.69) is 21.2 Å². The zero-order valence-corrected chi connectivity index (χ0v) is 13.7. The molecule has 2 amide bonds. The minimum atomic E-state index is -0.706. The maximum Gasteiger partial charge on any atom is 0.248 e. The van der Waals surface area contributed by atoms with Crippen molar-refractivity contribution in [3.8, 4) is 0 Å². The lowest BCUT2D eigenvalue weighted by Crippen LogP contribution is -2.56. The van der Waals surface area contributed by atoms with E-state index in [4.69, 9.17) is 0 Å². The van der Waals surface area contributed by atoms with Gasteiger partial charge in [-0.3, -0.25) is 9.59 Å². The number of amides is 2. The molecule has 0 spiro atoms. The van der Waals surface area contributed by atoms with Crippen molar-refractivity contribution in [3.05, 3.63) is 20.8 Å². The van der Waals surface area contributed by atoms with Crippen molar-refractivity contribution in [3.63, 3.8) is 0 Å². The van der Waals surface area contributed by atoms with Gasteiger partial charge in [0.15, 0.2) is 0 Å². The Balaban J connectivity index is 1.82. The quantitative estimate of drug-likeness (QED) is 0.904. The first-order chi connectivity index (χ1) is 9.49. The van der Waals surface area contributed by atoms with Gasteiger partial charge in [-0.15, -0.1) is 11.3 Å². The molecule has 20 heavy (non-hydrogen) atoms. The molecule has 1 saturated carbocycles. The van der Waals surface area contributed by atoms with E-state index in [1.54, 1.807) is 11.3 Å². The highest BCUT2D eigenvalue weighted by atomic mass is 79.9. The summed E-state index contributed by atoms with van der Waals surface area (Å²) in [6, 6.07) is 4.02. The van der Waals surface area contributed by atoms with Crippen molar-refractivity contribution in [2.45, 2.75) is 38.3 Å². The van der Waals surface area contributed by atoms with Gasteiger partial charge in [-0.25, -0.2) is 0 Å². The number of carbonyl (C=O) groups excluding carboxylic acids is 2. The number of thiophene rings is 1. The number of nitrogens with one attached hydrogen (secondary N) is 1. The van der Waals surface area contributed by atoms with Crippen LogP contribution in [0.1, 0.15) is 31.1 Å². The molecule has 1 atom stereocenters. The third-order valence-corrected chi connectivity index (χ3v) is 5.72. The molecule has 0 bridgehead atoms. The lowest BCUT2D eigenvalue weighted by molar-refractivity contribution is -0.139. The van der Waals surface area contributed by atoms with E-state index in [1.165, 1.54) is 0 Å². The Morgan fingerprint density at radius 2 is 2.20 bits per heavy atom. The van der Waals surface area contributed by atoms with Gasteiger partial charge in [-0.05, 0) is 53.7 Å². The van der Waals surface area contributed by atoms with Gasteiger partial charge in [-0.1, -0.05) is 0 Å². The Morgan fingerprint density at radius 1 is 1.45 bits per heavy atom. The number of nitrogens with zero attached hydrogens (tertiary/aromatic N) is 1. The standard InChI is InChI=1S/C14H17BrN2O2S/c1-14(9-2-3-9)13(19)17(7-6-12(18)16-14)8-10-4-5-11(15)20-10/h4-5,9H,2-3,6-8H2,1H3,(H,16,18). The minimum absolute atomic E-state index is 0.0115. The molecule has 6 heteroatoms. The zero-order chi connectivity index (χ0) is 14.3. The van der Waals surface area contributed by atoms with Gasteiger partial charge in [0.05, 0.1) is 10.3 Å². The van der Waals surface area contributed by atoms with Crippen LogP contribution in [0.5, 0.6) is 0 Å². The van der Waals surface area contributed by atoms with Crippen molar-refractivity contribution >= 4 is 39.1 Å². The third kappa shape index (κ3) is 2.63. The number of rotatable bonds is 3. The Labute approximate surface area is 130 Å². The van der Waals surface area contributed by atoms with E-state index in [1.807, 2.05) is 24.0 Å². The van der Waals surface area contributed by atoms with Gasteiger partial charge >= 0.3 is 0 Å². The number of carbonyl (C=O) groups is 2. The van der Waals surface area contributed by atoms with Gasteiger partial charge in [0.25, 0.3) is 0 Å². The summed E-state index contributed by atoms with van der Waals surface area (Å²) in [4.78, 5) is 27.7. The molecule has 3 rings (SSSR count). The van der Waals surface area contributed by atoms with Crippen LogP contribution in [0.4, 0.5) is 0 Å². The van der Waals surface area contributed by atoms with Crippen molar-refractivity contribution in [2.24, 2.45) is 5.92 Å². The topological polar surface area (TPSA) is 49.4 Å². The van der Waals surface area contributed by atoms with Gasteiger partial charge in [0.1, 0.15) is 5.54 Å². The maximum absolute atomic E-state index is 12.8. The fourth-order valence-electron chi connectivity index (χ4n) is 2.79. The summed E-state index contributed by atoms with van der Waals surface area (Å²) >= 11 is 5.07. The van der Waals surface area contributed by atoms with Crippen LogP contribution in [0.25, 0.3) is 0 Å². The second-order valence-electron chi connectivity index (χ2n) is 5.71. The lowest BCUT2D eigenvalue weighted by Gasteiger charge is -2.32. The lowest BCUT2D eigenvalue weighted by atomic mass is 9.94. The van der Waals surface area contributed by atoms with Crippen molar-refractivity contribution in [1.82, 2.24) is 10.2 Å². The normalized spacial score (nSPS) is 27.4. The summed E-state index contributed by atoms with van der Waals surface area (Å²) in [7, 11) is 0. The van der Waals surface area contributed by atoms with E-state index < -0.39 is 5.54 Å². The van der Waals surface area contributed by atoms with Gasteiger partial charge in [0.2, 0.25) is 11.8 Å². The van der Waals surface area contributed by atoms with Crippen molar-refractivity contribution < 1.29 is 9.59 Å². The van der Waals surface area contributed by atoms with Crippen LogP contribution >= 0.6 is 27.3 Å². The van der Waals surface area contributed by atoms with E-state index in [-0.39, 0.29) is 11.8 Å². The number of halogens is 1. The van der Waals surface area contributed by atoms with Crippen LogP contribution in [0.15, 0.2) is 15.9 Å². The second-order valence-corrected chi connectivity index (χ2v) is 8.25. The van der Waals surface area contributed by atoms with E-state index in [0.29, 0.717) is 25.4 Å². The predicted molar refractivity (Wildman–Crippen MR) is 81.3 cm³/mol. The molecule has 0 radical (unpaired) electrons. The molecule has 1 aromatic rings. The fraction of sp³-hybridized carbons (Fsp3) is 0.571. The summed E-state index contributed by atoms with van der Waals surface area (Å²) in [5.41, 5.74) is -0.706. The van der Waals surface area contributed by atoms with E-state index in [9.17, 15) is 9.59 Å². The van der Waals surface area contributed by atoms with Crippen LogP contribution in [-0.4, -0.2) is 28.8 Å². The molecule has 2 aliphatic rings. The average Bonchev–Trinajstić information content (AvgIpc) is 3.18. The third-order valence-electron chi connectivity index (χ3n) is 4.11. The SMILES string of the molecule is CC1(C2CC2)NC(=O)CCN(Cc2ccc(Br)s2)C1=O. The summed E-state index contributed by atoms with van der Waals surface area (Å²) in [5.74, 6) is 0.354. The Morgan fingerprint density at radius 3 is 2.80 bits per heavy atom. The van der Waals surface area contributed by atoms with Gasteiger partial charge in [-0.2, -0.15) is 0 Å². The number of hydrogen-bond donors (Lipinski definition) is 1. The first-order valence-electron chi connectivity index (χ1n) is 6.83. The number of hydrogen-bond acceptors (Lipinski definition) is 3. The molecule has 2 fully saturated rings. The smallest absolute Gasteiger partial charge is 0.248 e. The highest BCUT2D eigenvalue weighted by Crippen LogP contribution is 2.41. The van der Waals surface area contributed by atoms with Crippen molar-refractivity contribution in [1.29, 1.82) is 0 Å².